The van der Waals surface area contributed by atoms with E-state index in [9.17, 15) is 4.79 Å². The molecule has 1 atom stereocenters. The van der Waals surface area contributed by atoms with Gasteiger partial charge >= 0.3 is 0 Å². The van der Waals surface area contributed by atoms with Gasteiger partial charge < -0.3 is 0 Å². The second-order valence-corrected chi connectivity index (χ2v) is 7.79. The van der Waals surface area contributed by atoms with E-state index in [1.165, 1.54) is 4.68 Å². The van der Waals surface area contributed by atoms with E-state index >= 15 is 0 Å². The number of halogens is 1. The molecule has 4 aromatic rings. The van der Waals surface area contributed by atoms with E-state index < -0.39 is 5.25 Å². The third-order valence-corrected chi connectivity index (χ3v) is 5.47. The lowest BCUT2D eigenvalue weighted by Crippen LogP contribution is -2.13. The van der Waals surface area contributed by atoms with Crippen LogP contribution in [0.25, 0.3) is 5.69 Å². The molecule has 1 unspecified atom stereocenters. The molecule has 3 aromatic carbocycles. The maximum Gasteiger partial charge on any atom is 0.299 e. The van der Waals surface area contributed by atoms with Crippen LogP contribution in [0.2, 0.25) is 5.02 Å². The number of aromatic nitrogens is 2. The average molecular weight is 435 g/mol. The van der Waals surface area contributed by atoms with Crippen LogP contribution in [-0.4, -0.2) is 9.78 Å². The van der Waals surface area contributed by atoms with Gasteiger partial charge in [0.1, 0.15) is 0 Å². The van der Waals surface area contributed by atoms with E-state index in [1.54, 1.807) is 12.1 Å². The van der Waals surface area contributed by atoms with Gasteiger partial charge in [0, 0.05) is 5.02 Å². The quantitative estimate of drug-likeness (QED) is 0.271. The highest BCUT2D eigenvalue weighted by Gasteiger charge is 2.22. The Balaban J connectivity index is 1.81. The standard InChI is InChI=1S/C23H19ClN4OS/c1-15-7-13-18(14-8-15)25-26-21-20(22(30)16-9-11-17(24)12-10-16)27-28(23(21)29)19-5-3-2-4-6-19/h2-14,22,27,30H,1H3. The van der Waals surface area contributed by atoms with E-state index in [1.807, 2.05) is 73.7 Å². The van der Waals surface area contributed by atoms with Crippen molar-refractivity contribution >= 4 is 35.6 Å². The summed E-state index contributed by atoms with van der Waals surface area (Å²) in [6.45, 7) is 2.00. The van der Waals surface area contributed by atoms with Gasteiger partial charge in [-0.05, 0) is 48.9 Å². The number of H-pyrrole nitrogens is 1. The topological polar surface area (TPSA) is 62.5 Å². The second kappa shape index (κ2) is 8.73. The van der Waals surface area contributed by atoms with Crippen LogP contribution in [0.3, 0.4) is 0 Å². The fourth-order valence-corrected chi connectivity index (χ4v) is 3.50. The van der Waals surface area contributed by atoms with Crippen molar-refractivity contribution in [2.45, 2.75) is 12.2 Å². The van der Waals surface area contributed by atoms with Crippen molar-refractivity contribution in [2.24, 2.45) is 10.2 Å². The van der Waals surface area contributed by atoms with Gasteiger partial charge in [0.05, 0.1) is 22.3 Å². The zero-order chi connectivity index (χ0) is 21.1. The molecule has 0 amide bonds. The van der Waals surface area contributed by atoms with Crippen LogP contribution in [0.15, 0.2) is 93.9 Å². The molecule has 0 aliphatic heterocycles. The Kier molecular flexibility index (Phi) is 5.88. The molecule has 0 spiro atoms. The minimum atomic E-state index is -0.410. The number of aromatic amines is 1. The lowest BCUT2D eigenvalue weighted by molar-refractivity contribution is 0.822. The van der Waals surface area contributed by atoms with Crippen molar-refractivity contribution in [3.05, 3.63) is 111 Å². The molecule has 0 aliphatic carbocycles. The zero-order valence-electron chi connectivity index (χ0n) is 16.2. The van der Waals surface area contributed by atoms with Crippen molar-refractivity contribution in [3.63, 3.8) is 0 Å². The van der Waals surface area contributed by atoms with Crippen LogP contribution in [-0.2, 0) is 0 Å². The summed E-state index contributed by atoms with van der Waals surface area (Å²) in [5, 5.41) is 12.0. The first-order valence-corrected chi connectivity index (χ1v) is 10.2. The normalized spacial score (nSPS) is 12.4. The molecule has 1 heterocycles. The lowest BCUT2D eigenvalue weighted by Gasteiger charge is -2.10. The Bertz CT molecular complexity index is 1230. The largest absolute Gasteiger partial charge is 0.299 e. The molecule has 1 N–H and O–H groups in total. The molecule has 0 aliphatic rings. The molecule has 1 aromatic heterocycles. The summed E-state index contributed by atoms with van der Waals surface area (Å²) in [5.41, 5.74) is 3.87. The summed E-state index contributed by atoms with van der Waals surface area (Å²) in [6, 6.07) is 24.3. The van der Waals surface area contributed by atoms with Crippen molar-refractivity contribution in [3.8, 4) is 5.69 Å². The van der Waals surface area contributed by atoms with Crippen LogP contribution < -0.4 is 5.56 Å². The fraction of sp³-hybridized carbons (Fsp3) is 0.0870. The van der Waals surface area contributed by atoms with Crippen LogP contribution in [0.4, 0.5) is 11.4 Å². The summed E-state index contributed by atoms with van der Waals surface area (Å²) in [4.78, 5) is 13.2. The van der Waals surface area contributed by atoms with Gasteiger partial charge in [-0.15, -0.1) is 5.11 Å². The number of rotatable bonds is 5. The first-order chi connectivity index (χ1) is 14.5. The number of nitrogens with one attached hydrogen (secondary N) is 1. The maximum atomic E-state index is 13.2. The van der Waals surface area contributed by atoms with Gasteiger partial charge in [0.15, 0.2) is 5.69 Å². The molecule has 0 saturated carbocycles. The molecular formula is C23H19ClN4OS. The Labute approximate surface area is 184 Å². The van der Waals surface area contributed by atoms with Gasteiger partial charge in [-0.3, -0.25) is 9.89 Å². The SMILES string of the molecule is Cc1ccc(N=Nc2c(C(S)c3ccc(Cl)cc3)[nH]n(-c3ccccc3)c2=O)cc1. The van der Waals surface area contributed by atoms with Gasteiger partial charge in [0.25, 0.3) is 5.56 Å². The monoisotopic (exact) mass is 434 g/mol. The summed E-state index contributed by atoms with van der Waals surface area (Å²) in [5.74, 6) is 0. The number of hydrogen-bond acceptors (Lipinski definition) is 4. The predicted molar refractivity (Wildman–Crippen MR) is 124 cm³/mol. The number of nitrogens with zero attached hydrogens (tertiary/aromatic N) is 3. The Morgan fingerprint density at radius 2 is 1.60 bits per heavy atom. The molecule has 0 radical (unpaired) electrons. The first kappa shape index (κ1) is 20.2. The molecule has 0 saturated heterocycles. The highest BCUT2D eigenvalue weighted by atomic mass is 35.5. The molecule has 4 rings (SSSR count). The highest BCUT2D eigenvalue weighted by molar-refractivity contribution is 7.80. The number of benzene rings is 3. The van der Waals surface area contributed by atoms with Crippen molar-refractivity contribution in [1.29, 1.82) is 0 Å². The van der Waals surface area contributed by atoms with E-state index in [2.05, 4.69) is 15.3 Å². The molecule has 150 valence electrons. The van der Waals surface area contributed by atoms with E-state index in [4.69, 9.17) is 24.2 Å². The van der Waals surface area contributed by atoms with Gasteiger partial charge in [-0.2, -0.15) is 17.7 Å². The summed E-state index contributed by atoms with van der Waals surface area (Å²) in [7, 11) is 0. The predicted octanol–water partition coefficient (Wildman–Crippen LogP) is 6.56. The van der Waals surface area contributed by atoms with Gasteiger partial charge in [-0.1, -0.05) is 59.6 Å². The number of thiol groups is 1. The zero-order valence-corrected chi connectivity index (χ0v) is 17.8. The number of hydrogen-bond donors (Lipinski definition) is 2. The third-order valence-electron chi connectivity index (χ3n) is 4.67. The molecule has 7 heteroatoms. The van der Waals surface area contributed by atoms with E-state index in [0.29, 0.717) is 22.1 Å². The summed E-state index contributed by atoms with van der Waals surface area (Å²) < 4.78 is 1.46. The van der Waals surface area contributed by atoms with E-state index in [-0.39, 0.29) is 11.2 Å². The number of azo groups is 1. The van der Waals surface area contributed by atoms with Gasteiger partial charge in [0.2, 0.25) is 0 Å². The summed E-state index contributed by atoms with van der Waals surface area (Å²) in [6.07, 6.45) is 0. The highest BCUT2D eigenvalue weighted by Crippen LogP contribution is 2.33. The molecular weight excluding hydrogens is 416 g/mol. The molecule has 0 fully saturated rings. The second-order valence-electron chi connectivity index (χ2n) is 6.84. The molecule has 5 nitrogen and oxygen atoms in total. The Morgan fingerprint density at radius 3 is 2.27 bits per heavy atom. The van der Waals surface area contributed by atoms with Crippen molar-refractivity contribution in [2.75, 3.05) is 0 Å². The minimum absolute atomic E-state index is 0.217. The average Bonchev–Trinajstić information content (AvgIpc) is 3.10. The fourth-order valence-electron chi connectivity index (χ4n) is 3.02. The minimum Gasteiger partial charge on any atom is -0.291 e. The first-order valence-electron chi connectivity index (χ1n) is 9.35. The lowest BCUT2D eigenvalue weighted by atomic mass is 10.1. The smallest absolute Gasteiger partial charge is 0.291 e. The van der Waals surface area contributed by atoms with E-state index in [0.717, 1.165) is 11.1 Å². The Hall–Kier alpha value is -3.09. The van der Waals surface area contributed by atoms with Gasteiger partial charge in [-0.25, -0.2) is 4.68 Å². The number of para-hydroxylation sites is 1. The third kappa shape index (κ3) is 4.25. The summed E-state index contributed by atoms with van der Waals surface area (Å²) >= 11 is 10.8. The molecule has 30 heavy (non-hydrogen) atoms. The number of aryl methyl sites for hydroxylation is 1. The molecule has 0 bridgehead atoms. The van der Waals surface area contributed by atoms with Crippen LogP contribution in [0.5, 0.6) is 0 Å². The van der Waals surface area contributed by atoms with Crippen molar-refractivity contribution in [1.82, 2.24) is 9.78 Å². The van der Waals surface area contributed by atoms with Crippen LogP contribution in [0.1, 0.15) is 22.1 Å². The van der Waals surface area contributed by atoms with Crippen molar-refractivity contribution < 1.29 is 0 Å². The van der Waals surface area contributed by atoms with Crippen LogP contribution >= 0.6 is 24.2 Å². The maximum absolute atomic E-state index is 13.2. The van der Waals surface area contributed by atoms with Crippen LogP contribution in [0, 0.1) is 6.92 Å². The Morgan fingerprint density at radius 1 is 0.933 bits per heavy atom.